The zero-order valence-electron chi connectivity index (χ0n) is 15.8. The number of piperidine rings is 1. The lowest BCUT2D eigenvalue weighted by Crippen LogP contribution is -2.44. The van der Waals surface area contributed by atoms with Crippen LogP contribution in [0.3, 0.4) is 0 Å². The number of rotatable bonds is 7. The van der Waals surface area contributed by atoms with Gasteiger partial charge in [-0.15, -0.1) is 6.58 Å². The monoisotopic (exact) mass is 360 g/mol. The van der Waals surface area contributed by atoms with Gasteiger partial charge in [-0.05, 0) is 37.0 Å². The van der Waals surface area contributed by atoms with Crippen molar-refractivity contribution in [3.63, 3.8) is 0 Å². The van der Waals surface area contributed by atoms with Crippen molar-refractivity contribution in [3.05, 3.63) is 35.9 Å². The number of allylic oxidation sites excluding steroid dienone is 1. The zero-order chi connectivity index (χ0) is 19.1. The lowest BCUT2D eigenvalue weighted by molar-refractivity contribution is -0.134. The minimum Gasteiger partial charge on any atom is -0.493 e. The summed E-state index contributed by atoms with van der Waals surface area (Å²) in [6.45, 7) is 6.95. The largest absolute Gasteiger partial charge is 0.493 e. The summed E-state index contributed by atoms with van der Waals surface area (Å²) in [6.07, 6.45) is 4.12. The van der Waals surface area contributed by atoms with Gasteiger partial charge in [0.05, 0.1) is 20.1 Å². The lowest BCUT2D eigenvalue weighted by atomic mass is 9.97. The fourth-order valence-electron chi connectivity index (χ4n) is 3.33. The standard InChI is InChI=1S/C20H28N2O4/c1-5-7-16-10-15(11-18(25-3)19(16)26-4)12-21-20(24)17-8-6-9-22(13-17)14(2)23/h5,10-11,17H,1,6-9,12-13H2,2-4H3,(H,21,24)/t17-/m0/s1. The third kappa shape index (κ3) is 4.77. The summed E-state index contributed by atoms with van der Waals surface area (Å²) in [5, 5.41) is 2.99. The van der Waals surface area contributed by atoms with Crippen molar-refractivity contribution >= 4 is 11.8 Å². The van der Waals surface area contributed by atoms with E-state index in [2.05, 4.69) is 11.9 Å². The van der Waals surface area contributed by atoms with Crippen molar-refractivity contribution in [1.82, 2.24) is 10.2 Å². The van der Waals surface area contributed by atoms with E-state index in [1.807, 2.05) is 12.1 Å². The van der Waals surface area contributed by atoms with Crippen LogP contribution in [0.2, 0.25) is 0 Å². The molecule has 6 nitrogen and oxygen atoms in total. The van der Waals surface area contributed by atoms with Crippen LogP contribution in [0.4, 0.5) is 0 Å². The SMILES string of the molecule is C=CCc1cc(CNC(=O)[C@H]2CCCN(C(C)=O)C2)cc(OC)c1OC. The van der Waals surface area contributed by atoms with Crippen molar-refractivity contribution in [2.75, 3.05) is 27.3 Å². The quantitative estimate of drug-likeness (QED) is 0.758. The summed E-state index contributed by atoms with van der Waals surface area (Å²) < 4.78 is 10.8. The van der Waals surface area contributed by atoms with Crippen molar-refractivity contribution in [2.45, 2.75) is 32.7 Å². The summed E-state index contributed by atoms with van der Waals surface area (Å²) in [4.78, 5) is 25.8. The number of likely N-dealkylation sites (tertiary alicyclic amines) is 1. The molecule has 0 aromatic heterocycles. The molecule has 1 aliphatic heterocycles. The minimum atomic E-state index is -0.152. The second-order valence-electron chi connectivity index (χ2n) is 6.51. The summed E-state index contributed by atoms with van der Waals surface area (Å²) in [6, 6.07) is 3.86. The summed E-state index contributed by atoms with van der Waals surface area (Å²) >= 11 is 0. The first-order valence-electron chi connectivity index (χ1n) is 8.88. The first-order chi connectivity index (χ1) is 12.5. The van der Waals surface area contributed by atoms with E-state index in [9.17, 15) is 9.59 Å². The van der Waals surface area contributed by atoms with E-state index >= 15 is 0 Å². The van der Waals surface area contributed by atoms with Gasteiger partial charge in [-0.1, -0.05) is 6.08 Å². The molecule has 0 aliphatic carbocycles. The first-order valence-corrected chi connectivity index (χ1v) is 8.88. The van der Waals surface area contributed by atoms with Crippen LogP contribution >= 0.6 is 0 Å². The molecule has 0 bridgehead atoms. The summed E-state index contributed by atoms with van der Waals surface area (Å²) in [5.74, 6) is 1.18. The van der Waals surface area contributed by atoms with Crippen molar-refractivity contribution in [2.24, 2.45) is 5.92 Å². The highest BCUT2D eigenvalue weighted by molar-refractivity contribution is 5.80. The highest BCUT2D eigenvalue weighted by Crippen LogP contribution is 2.33. The predicted molar refractivity (Wildman–Crippen MR) is 100 cm³/mol. The van der Waals surface area contributed by atoms with Crippen LogP contribution in [0.25, 0.3) is 0 Å². The van der Waals surface area contributed by atoms with Gasteiger partial charge in [-0.25, -0.2) is 0 Å². The van der Waals surface area contributed by atoms with E-state index in [4.69, 9.17) is 9.47 Å². The molecule has 1 N–H and O–H groups in total. The highest BCUT2D eigenvalue weighted by atomic mass is 16.5. The molecule has 2 rings (SSSR count). The van der Waals surface area contributed by atoms with Crippen molar-refractivity contribution < 1.29 is 19.1 Å². The van der Waals surface area contributed by atoms with Crippen molar-refractivity contribution in [1.29, 1.82) is 0 Å². The van der Waals surface area contributed by atoms with E-state index < -0.39 is 0 Å². The van der Waals surface area contributed by atoms with Crippen LogP contribution in [-0.2, 0) is 22.6 Å². The molecule has 1 aromatic rings. The number of carbonyl (C=O) groups excluding carboxylic acids is 2. The number of benzene rings is 1. The molecule has 1 atom stereocenters. The molecule has 6 heteroatoms. The molecular formula is C20H28N2O4. The number of nitrogens with zero attached hydrogens (tertiary/aromatic N) is 1. The maximum absolute atomic E-state index is 12.5. The average Bonchev–Trinajstić information content (AvgIpc) is 2.65. The number of ether oxygens (including phenoxy) is 2. The molecule has 0 spiro atoms. The molecular weight excluding hydrogens is 332 g/mol. The fraction of sp³-hybridized carbons (Fsp3) is 0.500. The Hall–Kier alpha value is -2.50. The van der Waals surface area contributed by atoms with Gasteiger partial charge in [-0.3, -0.25) is 9.59 Å². The number of hydrogen-bond donors (Lipinski definition) is 1. The molecule has 2 amide bonds. The molecule has 0 saturated carbocycles. The normalized spacial score (nSPS) is 16.7. The van der Waals surface area contributed by atoms with Gasteiger partial charge in [-0.2, -0.15) is 0 Å². The van der Waals surface area contributed by atoms with Crippen LogP contribution in [0.1, 0.15) is 30.9 Å². The molecule has 0 radical (unpaired) electrons. The van der Waals surface area contributed by atoms with Gasteiger partial charge in [0, 0.05) is 32.1 Å². The lowest BCUT2D eigenvalue weighted by Gasteiger charge is -2.31. The molecule has 142 valence electrons. The smallest absolute Gasteiger partial charge is 0.225 e. The number of amides is 2. The molecule has 1 fully saturated rings. The highest BCUT2D eigenvalue weighted by Gasteiger charge is 2.26. The second-order valence-corrected chi connectivity index (χ2v) is 6.51. The number of methoxy groups -OCH3 is 2. The Labute approximate surface area is 155 Å². The van der Waals surface area contributed by atoms with Gasteiger partial charge in [0.15, 0.2) is 11.5 Å². The predicted octanol–water partition coefficient (Wildman–Crippen LogP) is 2.31. The van der Waals surface area contributed by atoms with Gasteiger partial charge < -0.3 is 19.7 Å². The number of nitrogens with one attached hydrogen (secondary N) is 1. The van der Waals surface area contributed by atoms with Crippen LogP contribution in [-0.4, -0.2) is 44.0 Å². The Kier molecular flexibility index (Phi) is 7.06. The fourth-order valence-corrected chi connectivity index (χ4v) is 3.33. The van der Waals surface area contributed by atoms with E-state index in [1.54, 1.807) is 32.1 Å². The van der Waals surface area contributed by atoms with Crippen LogP contribution in [0.15, 0.2) is 24.8 Å². The Morgan fingerprint density at radius 1 is 1.35 bits per heavy atom. The Bertz CT molecular complexity index is 672. The molecule has 1 aliphatic rings. The molecule has 1 aromatic carbocycles. The first kappa shape index (κ1) is 19.8. The van der Waals surface area contributed by atoms with E-state index in [-0.39, 0.29) is 17.7 Å². The van der Waals surface area contributed by atoms with Gasteiger partial charge in [0.25, 0.3) is 0 Å². The maximum atomic E-state index is 12.5. The van der Waals surface area contributed by atoms with E-state index in [1.165, 1.54) is 0 Å². The topological polar surface area (TPSA) is 67.9 Å². The van der Waals surface area contributed by atoms with Crippen LogP contribution < -0.4 is 14.8 Å². The zero-order valence-corrected chi connectivity index (χ0v) is 15.8. The number of hydrogen-bond acceptors (Lipinski definition) is 4. The molecule has 1 heterocycles. The minimum absolute atomic E-state index is 0.0176. The maximum Gasteiger partial charge on any atom is 0.225 e. The van der Waals surface area contributed by atoms with Gasteiger partial charge in [0.1, 0.15) is 0 Å². The van der Waals surface area contributed by atoms with Gasteiger partial charge in [0.2, 0.25) is 11.8 Å². The second kappa shape index (κ2) is 9.27. The Morgan fingerprint density at radius 3 is 2.73 bits per heavy atom. The van der Waals surface area contributed by atoms with Gasteiger partial charge >= 0.3 is 0 Å². The molecule has 26 heavy (non-hydrogen) atoms. The van der Waals surface area contributed by atoms with Crippen LogP contribution in [0.5, 0.6) is 11.5 Å². The van der Waals surface area contributed by atoms with Crippen molar-refractivity contribution in [3.8, 4) is 11.5 Å². The third-order valence-corrected chi connectivity index (χ3v) is 4.68. The summed E-state index contributed by atoms with van der Waals surface area (Å²) in [7, 11) is 3.20. The van der Waals surface area contributed by atoms with Crippen LogP contribution in [0, 0.1) is 5.92 Å². The third-order valence-electron chi connectivity index (χ3n) is 4.68. The Balaban J connectivity index is 2.06. The summed E-state index contributed by atoms with van der Waals surface area (Å²) in [5.41, 5.74) is 1.90. The molecule has 0 unspecified atom stereocenters. The number of carbonyl (C=O) groups is 2. The Morgan fingerprint density at radius 2 is 2.12 bits per heavy atom. The van der Waals surface area contributed by atoms with E-state index in [0.29, 0.717) is 31.0 Å². The van der Waals surface area contributed by atoms with E-state index in [0.717, 1.165) is 30.5 Å². The average molecular weight is 360 g/mol. The molecule has 1 saturated heterocycles.